The molecule has 0 fully saturated rings. The Labute approximate surface area is 147 Å². The highest BCUT2D eigenvalue weighted by Gasteiger charge is 2.10. The van der Waals surface area contributed by atoms with E-state index in [0.717, 1.165) is 39.9 Å². The summed E-state index contributed by atoms with van der Waals surface area (Å²) in [7, 11) is 0. The molecule has 0 amide bonds. The minimum absolute atomic E-state index is 0.261. The van der Waals surface area contributed by atoms with Crippen LogP contribution in [-0.2, 0) is 6.61 Å². The standard InChI is InChI=1S/C22H20O3/c1-15-6-9-19(24)12-22(15)21-5-3-4-18(16(21)2)14-25-20-10-7-17(13-23)8-11-20/h3-13,24H,14H2,1-2H3. The Morgan fingerprint density at radius 2 is 1.72 bits per heavy atom. The number of carbonyl (C=O) groups excluding carboxylic acids is 1. The van der Waals surface area contributed by atoms with Crippen molar-refractivity contribution in [3.05, 3.63) is 82.9 Å². The number of hydrogen-bond acceptors (Lipinski definition) is 3. The number of aromatic hydroxyl groups is 1. The topological polar surface area (TPSA) is 46.5 Å². The van der Waals surface area contributed by atoms with Gasteiger partial charge in [-0.15, -0.1) is 0 Å². The van der Waals surface area contributed by atoms with Crippen molar-refractivity contribution < 1.29 is 14.6 Å². The SMILES string of the molecule is Cc1ccc(O)cc1-c1cccc(COc2ccc(C=O)cc2)c1C. The summed E-state index contributed by atoms with van der Waals surface area (Å²) in [5.74, 6) is 0.987. The lowest BCUT2D eigenvalue weighted by molar-refractivity contribution is 0.112. The minimum atomic E-state index is 0.261. The molecule has 25 heavy (non-hydrogen) atoms. The molecule has 3 rings (SSSR count). The number of rotatable bonds is 5. The van der Waals surface area contributed by atoms with Crippen molar-refractivity contribution in [3.8, 4) is 22.6 Å². The van der Waals surface area contributed by atoms with Crippen LogP contribution in [0.3, 0.4) is 0 Å². The smallest absolute Gasteiger partial charge is 0.150 e. The van der Waals surface area contributed by atoms with Crippen LogP contribution in [0, 0.1) is 13.8 Å². The maximum absolute atomic E-state index is 10.7. The van der Waals surface area contributed by atoms with Crippen molar-refractivity contribution in [2.24, 2.45) is 0 Å². The fraction of sp³-hybridized carbons (Fsp3) is 0.136. The Hall–Kier alpha value is -3.07. The van der Waals surface area contributed by atoms with Gasteiger partial charge in [-0.3, -0.25) is 4.79 Å². The summed E-state index contributed by atoms with van der Waals surface area (Å²) in [5.41, 5.74) is 6.06. The van der Waals surface area contributed by atoms with Crippen molar-refractivity contribution in [2.45, 2.75) is 20.5 Å². The van der Waals surface area contributed by atoms with Gasteiger partial charge in [0, 0.05) is 5.56 Å². The fourth-order valence-electron chi connectivity index (χ4n) is 2.84. The first-order chi connectivity index (χ1) is 12.1. The van der Waals surface area contributed by atoms with E-state index in [1.165, 1.54) is 0 Å². The first-order valence-electron chi connectivity index (χ1n) is 8.15. The van der Waals surface area contributed by atoms with Crippen LogP contribution < -0.4 is 4.74 Å². The number of phenolic OH excluding ortho intramolecular Hbond substituents is 1. The lowest BCUT2D eigenvalue weighted by Crippen LogP contribution is -2.00. The number of phenols is 1. The van der Waals surface area contributed by atoms with Gasteiger partial charge in [0.1, 0.15) is 24.4 Å². The van der Waals surface area contributed by atoms with Gasteiger partial charge < -0.3 is 9.84 Å². The summed E-state index contributed by atoms with van der Waals surface area (Å²) in [6.07, 6.45) is 0.814. The van der Waals surface area contributed by atoms with E-state index in [4.69, 9.17) is 4.74 Å². The number of aldehydes is 1. The Morgan fingerprint density at radius 3 is 2.44 bits per heavy atom. The molecule has 126 valence electrons. The molecule has 3 nitrogen and oxygen atoms in total. The third-order valence-corrected chi connectivity index (χ3v) is 4.37. The molecule has 0 heterocycles. The number of benzene rings is 3. The molecule has 0 bridgehead atoms. The summed E-state index contributed by atoms with van der Waals surface area (Å²) >= 11 is 0. The van der Waals surface area contributed by atoms with Gasteiger partial charge in [0.2, 0.25) is 0 Å². The molecule has 1 N–H and O–H groups in total. The van der Waals surface area contributed by atoms with Crippen LogP contribution in [0.2, 0.25) is 0 Å². The fourth-order valence-corrected chi connectivity index (χ4v) is 2.84. The lowest BCUT2D eigenvalue weighted by Gasteiger charge is -2.14. The highest BCUT2D eigenvalue weighted by atomic mass is 16.5. The zero-order chi connectivity index (χ0) is 17.8. The zero-order valence-corrected chi connectivity index (χ0v) is 14.3. The first-order valence-corrected chi connectivity index (χ1v) is 8.15. The van der Waals surface area contributed by atoms with Crippen LogP contribution in [0.15, 0.2) is 60.7 Å². The van der Waals surface area contributed by atoms with Crippen molar-refractivity contribution in [3.63, 3.8) is 0 Å². The van der Waals surface area contributed by atoms with Gasteiger partial charge >= 0.3 is 0 Å². The molecular weight excluding hydrogens is 312 g/mol. The molecule has 0 atom stereocenters. The number of ether oxygens (including phenoxy) is 1. The summed E-state index contributed by atoms with van der Waals surface area (Å²) in [6.45, 7) is 4.54. The van der Waals surface area contributed by atoms with Crippen LogP contribution in [0.25, 0.3) is 11.1 Å². The van der Waals surface area contributed by atoms with Crippen LogP contribution in [0.4, 0.5) is 0 Å². The van der Waals surface area contributed by atoms with E-state index in [0.29, 0.717) is 12.2 Å². The summed E-state index contributed by atoms with van der Waals surface area (Å²) in [5, 5.41) is 9.80. The van der Waals surface area contributed by atoms with E-state index < -0.39 is 0 Å². The molecule has 0 aliphatic heterocycles. The van der Waals surface area contributed by atoms with Gasteiger partial charge in [-0.25, -0.2) is 0 Å². The van der Waals surface area contributed by atoms with Crippen LogP contribution in [0.1, 0.15) is 27.0 Å². The molecule has 3 heteroatoms. The molecule has 0 unspecified atom stereocenters. The molecule has 0 aliphatic rings. The number of carbonyl (C=O) groups is 1. The minimum Gasteiger partial charge on any atom is -0.508 e. The molecule has 0 aromatic heterocycles. The zero-order valence-electron chi connectivity index (χ0n) is 14.3. The maximum atomic E-state index is 10.7. The highest BCUT2D eigenvalue weighted by Crippen LogP contribution is 2.31. The maximum Gasteiger partial charge on any atom is 0.150 e. The van der Waals surface area contributed by atoms with Gasteiger partial charge in [-0.2, -0.15) is 0 Å². The second-order valence-corrected chi connectivity index (χ2v) is 6.06. The molecule has 3 aromatic rings. The molecule has 0 aliphatic carbocycles. The summed E-state index contributed by atoms with van der Waals surface area (Å²) < 4.78 is 5.85. The van der Waals surface area contributed by atoms with Crippen molar-refractivity contribution in [2.75, 3.05) is 0 Å². The number of aryl methyl sites for hydroxylation is 1. The largest absolute Gasteiger partial charge is 0.508 e. The van der Waals surface area contributed by atoms with Gasteiger partial charge in [0.05, 0.1) is 0 Å². The number of hydrogen-bond donors (Lipinski definition) is 1. The van der Waals surface area contributed by atoms with E-state index in [9.17, 15) is 9.90 Å². The predicted octanol–water partition coefficient (Wildman–Crippen LogP) is 5.07. The van der Waals surface area contributed by atoms with Crippen LogP contribution >= 0.6 is 0 Å². The third kappa shape index (κ3) is 3.72. The normalized spacial score (nSPS) is 10.5. The van der Waals surface area contributed by atoms with Crippen LogP contribution in [-0.4, -0.2) is 11.4 Å². The average molecular weight is 332 g/mol. The molecule has 0 saturated carbocycles. The summed E-state index contributed by atoms with van der Waals surface area (Å²) in [6, 6.07) is 18.6. The Balaban J connectivity index is 1.85. The van der Waals surface area contributed by atoms with Crippen molar-refractivity contribution in [1.29, 1.82) is 0 Å². The second kappa shape index (κ2) is 7.22. The van der Waals surface area contributed by atoms with E-state index in [2.05, 4.69) is 13.0 Å². The highest BCUT2D eigenvalue weighted by molar-refractivity contribution is 5.75. The van der Waals surface area contributed by atoms with Gasteiger partial charge in [0.25, 0.3) is 0 Å². The lowest BCUT2D eigenvalue weighted by atomic mass is 9.93. The van der Waals surface area contributed by atoms with Gasteiger partial charge in [0.15, 0.2) is 0 Å². The van der Waals surface area contributed by atoms with Crippen molar-refractivity contribution >= 4 is 6.29 Å². The van der Waals surface area contributed by atoms with E-state index in [1.807, 2.05) is 25.1 Å². The third-order valence-electron chi connectivity index (χ3n) is 4.37. The first kappa shape index (κ1) is 16.8. The second-order valence-electron chi connectivity index (χ2n) is 6.06. The summed E-state index contributed by atoms with van der Waals surface area (Å²) in [4.78, 5) is 10.7. The molecule has 0 saturated heterocycles. The Morgan fingerprint density at radius 1 is 0.960 bits per heavy atom. The van der Waals surface area contributed by atoms with Crippen LogP contribution in [0.5, 0.6) is 11.5 Å². The molecule has 0 spiro atoms. The van der Waals surface area contributed by atoms with E-state index in [1.54, 1.807) is 36.4 Å². The quantitative estimate of drug-likeness (QED) is 0.664. The van der Waals surface area contributed by atoms with E-state index >= 15 is 0 Å². The van der Waals surface area contributed by atoms with Gasteiger partial charge in [-0.05, 0) is 78.1 Å². The molecule has 0 radical (unpaired) electrons. The van der Waals surface area contributed by atoms with Crippen molar-refractivity contribution in [1.82, 2.24) is 0 Å². The van der Waals surface area contributed by atoms with Gasteiger partial charge in [-0.1, -0.05) is 24.3 Å². The Kier molecular flexibility index (Phi) is 4.85. The molecule has 3 aromatic carbocycles. The monoisotopic (exact) mass is 332 g/mol. The predicted molar refractivity (Wildman–Crippen MR) is 99.2 cm³/mol. The Bertz CT molecular complexity index is 896. The van der Waals surface area contributed by atoms with E-state index in [-0.39, 0.29) is 5.75 Å². The average Bonchev–Trinajstić information content (AvgIpc) is 2.63. The molecular formula is C22H20O3.